The van der Waals surface area contributed by atoms with Crippen molar-refractivity contribution < 1.29 is 9.59 Å². The summed E-state index contributed by atoms with van der Waals surface area (Å²) in [4.78, 5) is 29.4. The van der Waals surface area contributed by atoms with Gasteiger partial charge < -0.3 is 10.2 Å². The van der Waals surface area contributed by atoms with E-state index in [1.165, 1.54) is 0 Å². The van der Waals surface area contributed by atoms with Gasteiger partial charge in [-0.3, -0.25) is 14.6 Å². The highest BCUT2D eigenvalue weighted by Crippen LogP contribution is 2.13. The van der Waals surface area contributed by atoms with Gasteiger partial charge in [-0.1, -0.05) is 13.0 Å². The van der Waals surface area contributed by atoms with Gasteiger partial charge in [0.15, 0.2) is 0 Å². The summed E-state index contributed by atoms with van der Waals surface area (Å²) in [6.45, 7) is 3.18. The van der Waals surface area contributed by atoms with E-state index in [0.717, 1.165) is 12.8 Å². The molecule has 0 aromatic carbocycles. The van der Waals surface area contributed by atoms with Crippen LogP contribution in [0, 0.1) is 0 Å². The van der Waals surface area contributed by atoms with Crippen LogP contribution in [0.25, 0.3) is 0 Å². The monoisotopic (exact) mass is 261 g/mol. The lowest BCUT2D eigenvalue weighted by Crippen LogP contribution is -2.46. The molecule has 0 radical (unpaired) electrons. The second-order valence-electron chi connectivity index (χ2n) is 4.70. The quantitative estimate of drug-likeness (QED) is 0.889. The molecule has 1 aliphatic rings. The van der Waals surface area contributed by atoms with E-state index in [0.29, 0.717) is 25.2 Å². The van der Waals surface area contributed by atoms with Gasteiger partial charge in [-0.15, -0.1) is 0 Å². The fraction of sp³-hybridized carbons (Fsp3) is 0.500. The molecule has 2 rings (SSSR count). The SMILES string of the molecule is CCC(=O)NC1CCN(C(=O)c2ccccn2)CC1. The van der Waals surface area contributed by atoms with E-state index in [4.69, 9.17) is 0 Å². The van der Waals surface area contributed by atoms with E-state index in [1.807, 2.05) is 13.0 Å². The number of pyridine rings is 1. The molecule has 5 heteroatoms. The minimum Gasteiger partial charge on any atom is -0.353 e. The molecule has 0 spiro atoms. The third kappa shape index (κ3) is 3.53. The van der Waals surface area contributed by atoms with Crippen LogP contribution in [0.2, 0.25) is 0 Å². The number of hydrogen-bond donors (Lipinski definition) is 1. The molecule has 102 valence electrons. The van der Waals surface area contributed by atoms with Crippen molar-refractivity contribution in [3.63, 3.8) is 0 Å². The lowest BCUT2D eigenvalue weighted by Gasteiger charge is -2.32. The van der Waals surface area contributed by atoms with Crippen molar-refractivity contribution in [1.29, 1.82) is 0 Å². The first-order valence-corrected chi connectivity index (χ1v) is 6.70. The number of likely N-dealkylation sites (tertiary alicyclic amines) is 1. The molecule has 0 bridgehead atoms. The minimum atomic E-state index is -0.0270. The Labute approximate surface area is 113 Å². The van der Waals surface area contributed by atoms with E-state index in [1.54, 1.807) is 23.2 Å². The van der Waals surface area contributed by atoms with Gasteiger partial charge in [0.2, 0.25) is 5.91 Å². The number of aromatic nitrogens is 1. The van der Waals surface area contributed by atoms with Crippen LogP contribution < -0.4 is 5.32 Å². The molecular formula is C14H19N3O2. The van der Waals surface area contributed by atoms with Crippen molar-refractivity contribution in [3.8, 4) is 0 Å². The number of piperidine rings is 1. The molecule has 0 unspecified atom stereocenters. The van der Waals surface area contributed by atoms with Crippen molar-refractivity contribution in [2.75, 3.05) is 13.1 Å². The molecule has 1 aromatic heterocycles. The maximum Gasteiger partial charge on any atom is 0.272 e. The van der Waals surface area contributed by atoms with Crippen molar-refractivity contribution in [2.24, 2.45) is 0 Å². The number of carbonyl (C=O) groups excluding carboxylic acids is 2. The number of hydrogen-bond acceptors (Lipinski definition) is 3. The fourth-order valence-corrected chi connectivity index (χ4v) is 2.21. The number of nitrogens with one attached hydrogen (secondary N) is 1. The van der Waals surface area contributed by atoms with Gasteiger partial charge in [0, 0.05) is 31.7 Å². The maximum absolute atomic E-state index is 12.2. The number of carbonyl (C=O) groups is 2. The third-order valence-electron chi connectivity index (χ3n) is 3.35. The molecule has 1 aliphatic heterocycles. The molecule has 2 amide bonds. The molecule has 5 nitrogen and oxygen atoms in total. The van der Waals surface area contributed by atoms with E-state index >= 15 is 0 Å². The molecule has 1 aromatic rings. The van der Waals surface area contributed by atoms with E-state index in [-0.39, 0.29) is 17.9 Å². The van der Waals surface area contributed by atoms with Crippen molar-refractivity contribution in [1.82, 2.24) is 15.2 Å². The Morgan fingerprint density at radius 2 is 2.11 bits per heavy atom. The Hall–Kier alpha value is -1.91. The highest BCUT2D eigenvalue weighted by Gasteiger charge is 2.24. The fourth-order valence-electron chi connectivity index (χ4n) is 2.21. The summed E-state index contributed by atoms with van der Waals surface area (Å²) < 4.78 is 0. The molecule has 0 aliphatic carbocycles. The highest BCUT2D eigenvalue weighted by atomic mass is 16.2. The highest BCUT2D eigenvalue weighted by molar-refractivity contribution is 5.92. The Bertz CT molecular complexity index is 439. The first-order chi connectivity index (χ1) is 9.20. The standard InChI is InChI=1S/C14H19N3O2/c1-2-13(18)16-11-6-9-17(10-7-11)14(19)12-5-3-4-8-15-12/h3-5,8,11H,2,6-7,9-10H2,1H3,(H,16,18). The summed E-state index contributed by atoms with van der Waals surface area (Å²) in [6.07, 6.45) is 3.75. The van der Waals surface area contributed by atoms with Crippen LogP contribution in [0.1, 0.15) is 36.7 Å². The van der Waals surface area contributed by atoms with Crippen LogP contribution >= 0.6 is 0 Å². The lowest BCUT2D eigenvalue weighted by atomic mass is 10.0. The second kappa shape index (κ2) is 6.31. The predicted molar refractivity (Wildman–Crippen MR) is 71.6 cm³/mol. The molecule has 1 saturated heterocycles. The Balaban J connectivity index is 1.86. The van der Waals surface area contributed by atoms with Crippen molar-refractivity contribution in [3.05, 3.63) is 30.1 Å². The molecule has 0 atom stereocenters. The Morgan fingerprint density at radius 1 is 1.37 bits per heavy atom. The summed E-state index contributed by atoms with van der Waals surface area (Å²) in [5, 5.41) is 2.98. The van der Waals surface area contributed by atoms with E-state index in [9.17, 15) is 9.59 Å². The average Bonchev–Trinajstić information content (AvgIpc) is 2.48. The van der Waals surface area contributed by atoms with E-state index in [2.05, 4.69) is 10.3 Å². The van der Waals surface area contributed by atoms with Gasteiger partial charge in [-0.2, -0.15) is 0 Å². The smallest absolute Gasteiger partial charge is 0.272 e. The van der Waals surface area contributed by atoms with Gasteiger partial charge >= 0.3 is 0 Å². The third-order valence-corrected chi connectivity index (χ3v) is 3.35. The maximum atomic E-state index is 12.2. The zero-order chi connectivity index (χ0) is 13.7. The van der Waals surface area contributed by atoms with Crippen molar-refractivity contribution in [2.45, 2.75) is 32.2 Å². The van der Waals surface area contributed by atoms with Gasteiger partial charge in [-0.25, -0.2) is 0 Å². The Kier molecular flexibility index (Phi) is 4.49. The normalized spacial score (nSPS) is 16.2. The number of nitrogens with zero attached hydrogens (tertiary/aromatic N) is 2. The van der Waals surface area contributed by atoms with Crippen LogP contribution in [0.3, 0.4) is 0 Å². The number of rotatable bonds is 3. The molecule has 1 fully saturated rings. The first kappa shape index (κ1) is 13.5. The predicted octanol–water partition coefficient (Wildman–Crippen LogP) is 1.21. The van der Waals surface area contributed by atoms with Crippen molar-refractivity contribution >= 4 is 11.8 Å². The zero-order valence-corrected chi connectivity index (χ0v) is 11.1. The molecule has 2 heterocycles. The first-order valence-electron chi connectivity index (χ1n) is 6.70. The summed E-state index contributed by atoms with van der Waals surface area (Å²) in [7, 11) is 0. The lowest BCUT2D eigenvalue weighted by molar-refractivity contribution is -0.121. The largest absolute Gasteiger partial charge is 0.353 e. The minimum absolute atomic E-state index is 0.0270. The zero-order valence-electron chi connectivity index (χ0n) is 11.1. The summed E-state index contributed by atoms with van der Waals surface area (Å²) >= 11 is 0. The topological polar surface area (TPSA) is 62.3 Å². The van der Waals surface area contributed by atoms with Gasteiger partial charge in [0.25, 0.3) is 5.91 Å². The molecule has 1 N–H and O–H groups in total. The molecule has 19 heavy (non-hydrogen) atoms. The van der Waals surface area contributed by atoms with E-state index < -0.39 is 0 Å². The summed E-state index contributed by atoms with van der Waals surface area (Å²) in [5.41, 5.74) is 0.485. The van der Waals surface area contributed by atoms with Gasteiger partial charge in [0.05, 0.1) is 0 Å². The molecule has 0 saturated carbocycles. The second-order valence-corrected chi connectivity index (χ2v) is 4.70. The van der Waals surface area contributed by atoms with Gasteiger partial charge in [-0.05, 0) is 25.0 Å². The average molecular weight is 261 g/mol. The van der Waals surface area contributed by atoms with Crippen LogP contribution in [0.4, 0.5) is 0 Å². The van der Waals surface area contributed by atoms with Crippen LogP contribution in [0.5, 0.6) is 0 Å². The Morgan fingerprint density at radius 3 is 2.68 bits per heavy atom. The van der Waals surface area contributed by atoms with Crippen LogP contribution in [-0.4, -0.2) is 40.8 Å². The summed E-state index contributed by atoms with van der Waals surface area (Å²) in [5.74, 6) is 0.0513. The van der Waals surface area contributed by atoms with Crippen LogP contribution in [-0.2, 0) is 4.79 Å². The van der Waals surface area contributed by atoms with Gasteiger partial charge in [0.1, 0.15) is 5.69 Å². The number of amides is 2. The molecular weight excluding hydrogens is 242 g/mol. The van der Waals surface area contributed by atoms with Crippen LogP contribution in [0.15, 0.2) is 24.4 Å². The summed E-state index contributed by atoms with van der Waals surface area (Å²) in [6, 6.07) is 5.53.